The summed E-state index contributed by atoms with van der Waals surface area (Å²) in [6.07, 6.45) is 3.96. The van der Waals surface area contributed by atoms with Crippen molar-refractivity contribution >= 4 is 18.1 Å². The van der Waals surface area contributed by atoms with Crippen LogP contribution in [-0.4, -0.2) is 31.4 Å². The maximum Gasteiger partial charge on any atom is 0.189 e. The van der Waals surface area contributed by atoms with Gasteiger partial charge in [0.15, 0.2) is 5.78 Å². The summed E-state index contributed by atoms with van der Waals surface area (Å²) in [6, 6.07) is 8.76. The molecule has 0 unspecified atom stereocenters. The van der Waals surface area contributed by atoms with Crippen molar-refractivity contribution < 1.29 is 23.8 Å². The number of methoxy groups -OCH3 is 1. The summed E-state index contributed by atoms with van der Waals surface area (Å²) in [5, 5.41) is 0. The number of ether oxygens (including phenoxy) is 3. The van der Waals surface area contributed by atoms with E-state index in [1.165, 1.54) is 13.2 Å². The predicted molar refractivity (Wildman–Crippen MR) is 114 cm³/mol. The molecule has 0 aliphatic rings. The highest BCUT2D eigenvalue weighted by molar-refractivity contribution is 6.09. The van der Waals surface area contributed by atoms with Gasteiger partial charge in [0.05, 0.1) is 24.9 Å². The molecule has 0 saturated carbocycles. The molecule has 0 N–H and O–H groups in total. The Morgan fingerprint density at radius 2 is 1.62 bits per heavy atom. The Balaban J connectivity index is 2.36. The molecule has 2 aromatic rings. The van der Waals surface area contributed by atoms with Crippen LogP contribution in [0.25, 0.3) is 6.08 Å². The summed E-state index contributed by atoms with van der Waals surface area (Å²) < 4.78 is 17.0. The molecule has 0 saturated heterocycles. The van der Waals surface area contributed by atoms with Gasteiger partial charge in [0, 0.05) is 22.8 Å². The van der Waals surface area contributed by atoms with E-state index in [1.807, 2.05) is 45.9 Å². The van der Waals surface area contributed by atoms with Crippen LogP contribution in [0.2, 0.25) is 0 Å². The molecule has 0 aliphatic carbocycles. The number of carbonyl (C=O) groups excluding carboxylic acids is 2. The number of allylic oxidation sites excluding steroid dienone is 1. The SMILES string of the molecule is COc1c(C(=O)/C=C/c2ccc(OC(C)C)cc2OC(C)C)ccc(C=O)c1C. The summed E-state index contributed by atoms with van der Waals surface area (Å²) in [7, 11) is 1.49. The summed E-state index contributed by atoms with van der Waals surface area (Å²) >= 11 is 0. The van der Waals surface area contributed by atoms with Gasteiger partial charge in [-0.25, -0.2) is 0 Å². The maximum absolute atomic E-state index is 12.8. The number of benzene rings is 2. The normalized spacial score (nSPS) is 11.2. The molecule has 5 heteroatoms. The van der Waals surface area contributed by atoms with Crippen molar-refractivity contribution in [3.63, 3.8) is 0 Å². The number of rotatable bonds is 9. The second-order valence-corrected chi connectivity index (χ2v) is 7.21. The van der Waals surface area contributed by atoms with Crippen molar-refractivity contribution in [1.29, 1.82) is 0 Å². The van der Waals surface area contributed by atoms with Crippen molar-refractivity contribution in [1.82, 2.24) is 0 Å². The Bertz CT molecular complexity index is 910. The third-order valence-electron chi connectivity index (χ3n) is 4.18. The van der Waals surface area contributed by atoms with Crippen LogP contribution in [0.1, 0.15) is 59.5 Å². The lowest BCUT2D eigenvalue weighted by Gasteiger charge is -2.16. The molecular formula is C24H28O5. The van der Waals surface area contributed by atoms with Crippen molar-refractivity contribution in [2.24, 2.45) is 0 Å². The zero-order valence-corrected chi connectivity index (χ0v) is 17.8. The molecule has 0 fully saturated rings. The number of aldehydes is 1. The summed E-state index contributed by atoms with van der Waals surface area (Å²) in [6.45, 7) is 9.56. The second kappa shape index (κ2) is 9.92. The molecule has 5 nitrogen and oxygen atoms in total. The van der Waals surface area contributed by atoms with E-state index in [9.17, 15) is 9.59 Å². The van der Waals surface area contributed by atoms with E-state index >= 15 is 0 Å². The number of hydrogen-bond acceptors (Lipinski definition) is 5. The quantitative estimate of drug-likeness (QED) is 0.328. The van der Waals surface area contributed by atoms with Gasteiger partial charge in [-0.1, -0.05) is 6.07 Å². The first-order valence-corrected chi connectivity index (χ1v) is 9.59. The topological polar surface area (TPSA) is 61.8 Å². The molecule has 0 amide bonds. The van der Waals surface area contributed by atoms with E-state index in [2.05, 4.69) is 0 Å². The van der Waals surface area contributed by atoms with Crippen LogP contribution in [0.4, 0.5) is 0 Å². The highest BCUT2D eigenvalue weighted by atomic mass is 16.5. The van der Waals surface area contributed by atoms with Crippen molar-refractivity contribution in [3.05, 3.63) is 58.7 Å². The van der Waals surface area contributed by atoms with Crippen LogP contribution >= 0.6 is 0 Å². The van der Waals surface area contributed by atoms with Crippen LogP contribution < -0.4 is 14.2 Å². The van der Waals surface area contributed by atoms with E-state index in [1.54, 1.807) is 25.1 Å². The molecule has 0 atom stereocenters. The van der Waals surface area contributed by atoms with Gasteiger partial charge in [0.1, 0.15) is 23.5 Å². The van der Waals surface area contributed by atoms with Crippen LogP contribution in [0.3, 0.4) is 0 Å². The molecule has 0 heterocycles. The lowest BCUT2D eigenvalue weighted by Crippen LogP contribution is -2.09. The smallest absolute Gasteiger partial charge is 0.189 e. The zero-order valence-electron chi connectivity index (χ0n) is 17.8. The van der Waals surface area contributed by atoms with Crippen LogP contribution in [-0.2, 0) is 0 Å². The fourth-order valence-corrected chi connectivity index (χ4v) is 2.90. The molecule has 2 aromatic carbocycles. The number of hydrogen-bond donors (Lipinski definition) is 0. The fourth-order valence-electron chi connectivity index (χ4n) is 2.90. The highest BCUT2D eigenvalue weighted by Crippen LogP contribution is 2.29. The molecule has 2 rings (SSSR count). The van der Waals surface area contributed by atoms with Gasteiger partial charge in [-0.3, -0.25) is 9.59 Å². The predicted octanol–water partition coefficient (Wildman–Crippen LogP) is 5.29. The average molecular weight is 396 g/mol. The molecule has 154 valence electrons. The van der Waals surface area contributed by atoms with E-state index in [0.717, 1.165) is 11.8 Å². The standard InChI is InChI=1S/C24H28O5/c1-15(2)28-20-10-7-18(23(13-20)29-16(3)4)9-12-22(26)21-11-8-19(14-25)17(5)24(21)27-6/h7-16H,1-6H3/b12-9+. The maximum atomic E-state index is 12.8. The average Bonchev–Trinajstić information content (AvgIpc) is 2.65. The molecule has 0 aromatic heterocycles. The molecule has 0 bridgehead atoms. The van der Waals surface area contributed by atoms with Gasteiger partial charge < -0.3 is 14.2 Å². The Morgan fingerprint density at radius 1 is 0.966 bits per heavy atom. The minimum atomic E-state index is -0.222. The summed E-state index contributed by atoms with van der Waals surface area (Å²) in [5.74, 6) is 1.53. The molecule has 0 spiro atoms. The molecule has 29 heavy (non-hydrogen) atoms. The monoisotopic (exact) mass is 396 g/mol. The zero-order chi connectivity index (χ0) is 21.6. The molecular weight excluding hydrogens is 368 g/mol. The Kier molecular flexibility index (Phi) is 7.59. The van der Waals surface area contributed by atoms with Crippen molar-refractivity contribution in [2.75, 3.05) is 7.11 Å². The van der Waals surface area contributed by atoms with E-state index in [4.69, 9.17) is 14.2 Å². The second-order valence-electron chi connectivity index (χ2n) is 7.21. The van der Waals surface area contributed by atoms with Crippen LogP contribution in [0.15, 0.2) is 36.4 Å². The summed E-state index contributed by atoms with van der Waals surface area (Å²) in [5.41, 5.74) is 2.30. The Labute approximate surface area is 172 Å². The molecule has 0 aliphatic heterocycles. The Hall–Kier alpha value is -3.08. The number of carbonyl (C=O) groups is 2. The van der Waals surface area contributed by atoms with E-state index in [-0.39, 0.29) is 18.0 Å². The van der Waals surface area contributed by atoms with Gasteiger partial charge in [0.25, 0.3) is 0 Å². The van der Waals surface area contributed by atoms with Gasteiger partial charge in [-0.15, -0.1) is 0 Å². The lowest BCUT2D eigenvalue weighted by molar-refractivity contribution is 0.104. The van der Waals surface area contributed by atoms with Gasteiger partial charge in [-0.2, -0.15) is 0 Å². The highest BCUT2D eigenvalue weighted by Gasteiger charge is 2.15. The third-order valence-corrected chi connectivity index (χ3v) is 4.18. The van der Waals surface area contributed by atoms with Crippen molar-refractivity contribution in [2.45, 2.75) is 46.8 Å². The first-order chi connectivity index (χ1) is 13.8. The van der Waals surface area contributed by atoms with Gasteiger partial charge in [0.2, 0.25) is 0 Å². The van der Waals surface area contributed by atoms with Gasteiger partial charge >= 0.3 is 0 Å². The van der Waals surface area contributed by atoms with Crippen LogP contribution in [0.5, 0.6) is 17.2 Å². The first kappa shape index (κ1) is 22.2. The minimum absolute atomic E-state index is 0.0224. The lowest BCUT2D eigenvalue weighted by atomic mass is 10.0. The molecule has 0 radical (unpaired) electrons. The fraction of sp³-hybridized carbons (Fsp3) is 0.333. The summed E-state index contributed by atoms with van der Waals surface area (Å²) in [4.78, 5) is 23.9. The third kappa shape index (κ3) is 5.70. The van der Waals surface area contributed by atoms with Crippen LogP contribution in [0, 0.1) is 6.92 Å². The largest absolute Gasteiger partial charge is 0.496 e. The first-order valence-electron chi connectivity index (χ1n) is 9.59. The minimum Gasteiger partial charge on any atom is -0.496 e. The number of ketones is 1. The Morgan fingerprint density at radius 3 is 2.21 bits per heavy atom. The van der Waals surface area contributed by atoms with Gasteiger partial charge in [-0.05, 0) is 65.0 Å². The van der Waals surface area contributed by atoms with E-state index < -0.39 is 0 Å². The van der Waals surface area contributed by atoms with Crippen molar-refractivity contribution in [3.8, 4) is 17.2 Å². The van der Waals surface area contributed by atoms with E-state index in [0.29, 0.717) is 33.9 Å².